The van der Waals surface area contributed by atoms with E-state index in [4.69, 9.17) is 4.74 Å². The fourth-order valence-electron chi connectivity index (χ4n) is 2.64. The van der Waals surface area contributed by atoms with Crippen molar-refractivity contribution in [2.24, 2.45) is 4.99 Å². The summed E-state index contributed by atoms with van der Waals surface area (Å²) < 4.78 is 8.20. The first kappa shape index (κ1) is 18.8. The molecule has 0 radical (unpaired) electrons. The number of ether oxygens (including phenoxy) is 1. The lowest BCUT2D eigenvalue weighted by atomic mass is 10.3. The van der Waals surface area contributed by atoms with Gasteiger partial charge in [0.1, 0.15) is 5.75 Å². The van der Waals surface area contributed by atoms with E-state index in [1.165, 1.54) is 23.5 Å². The molecule has 0 spiro atoms. The van der Waals surface area contributed by atoms with Crippen LogP contribution >= 0.6 is 11.3 Å². The number of carbonyl (C=O) groups is 1. The number of hydrogen-bond acceptors (Lipinski definition) is 5. The second-order valence-corrected chi connectivity index (χ2v) is 6.87. The van der Waals surface area contributed by atoms with Crippen LogP contribution in [0.3, 0.4) is 0 Å². The number of benzene rings is 2. The predicted octanol–water partition coefficient (Wildman–Crippen LogP) is 3.92. The highest BCUT2D eigenvalue weighted by Crippen LogP contribution is 2.23. The molecule has 0 bridgehead atoms. The Morgan fingerprint density at radius 3 is 2.74 bits per heavy atom. The van der Waals surface area contributed by atoms with Crippen LogP contribution in [0.25, 0.3) is 10.2 Å². The van der Waals surface area contributed by atoms with Gasteiger partial charge in [0, 0.05) is 18.7 Å². The molecule has 1 heterocycles. The molecule has 7 nitrogen and oxygen atoms in total. The minimum absolute atomic E-state index is 0.0292. The Morgan fingerprint density at radius 1 is 1.26 bits per heavy atom. The molecule has 0 aliphatic carbocycles. The van der Waals surface area contributed by atoms with Gasteiger partial charge in [-0.1, -0.05) is 36.5 Å². The Bertz CT molecular complexity index is 1020. The zero-order valence-electron chi connectivity index (χ0n) is 14.8. The summed E-state index contributed by atoms with van der Waals surface area (Å²) in [6.45, 7) is 2.96. The number of rotatable bonds is 7. The van der Waals surface area contributed by atoms with Crippen molar-refractivity contribution < 1.29 is 14.5 Å². The number of nitrogens with zero attached hydrogens (tertiary/aromatic N) is 3. The zero-order chi connectivity index (χ0) is 19.2. The average molecular weight is 385 g/mol. The number of amides is 1. The van der Waals surface area contributed by atoms with E-state index in [1.807, 2.05) is 41.8 Å². The largest absolute Gasteiger partial charge is 0.493 e. The van der Waals surface area contributed by atoms with Gasteiger partial charge in [-0.2, -0.15) is 4.99 Å². The highest BCUT2D eigenvalue weighted by molar-refractivity contribution is 7.16. The van der Waals surface area contributed by atoms with Crippen molar-refractivity contribution in [1.29, 1.82) is 0 Å². The Balaban J connectivity index is 1.81. The monoisotopic (exact) mass is 385 g/mol. The molecule has 0 saturated carbocycles. The van der Waals surface area contributed by atoms with Crippen molar-refractivity contribution in [1.82, 2.24) is 4.57 Å². The van der Waals surface area contributed by atoms with Crippen LogP contribution in [-0.4, -0.2) is 22.0 Å². The van der Waals surface area contributed by atoms with Crippen LogP contribution in [0.2, 0.25) is 0 Å². The first-order valence-corrected chi connectivity index (χ1v) is 9.43. The smallest absolute Gasteiger partial charge is 0.270 e. The van der Waals surface area contributed by atoms with Gasteiger partial charge in [-0.25, -0.2) is 0 Å². The van der Waals surface area contributed by atoms with E-state index in [0.717, 1.165) is 16.6 Å². The highest BCUT2D eigenvalue weighted by atomic mass is 32.1. The molecule has 2 aromatic carbocycles. The van der Waals surface area contributed by atoms with Gasteiger partial charge in [-0.3, -0.25) is 14.9 Å². The summed E-state index contributed by atoms with van der Waals surface area (Å²) in [6.07, 6.45) is 1.02. The number of aromatic nitrogens is 1. The topological polar surface area (TPSA) is 86.7 Å². The molecular weight excluding hydrogens is 366 g/mol. The van der Waals surface area contributed by atoms with Crippen molar-refractivity contribution in [2.45, 2.75) is 26.3 Å². The second-order valence-electron chi connectivity index (χ2n) is 5.86. The van der Waals surface area contributed by atoms with Crippen LogP contribution < -0.4 is 9.54 Å². The maximum atomic E-state index is 12.2. The van der Waals surface area contributed by atoms with E-state index in [0.29, 0.717) is 17.1 Å². The molecule has 0 fully saturated rings. The van der Waals surface area contributed by atoms with Crippen molar-refractivity contribution in [3.8, 4) is 5.75 Å². The first-order valence-electron chi connectivity index (χ1n) is 8.61. The third kappa shape index (κ3) is 4.59. The molecular formula is C19H19N3O4S. The molecule has 0 N–H and O–H groups in total. The van der Waals surface area contributed by atoms with E-state index in [1.54, 1.807) is 6.07 Å². The lowest BCUT2D eigenvalue weighted by Crippen LogP contribution is -2.17. The minimum Gasteiger partial charge on any atom is -0.493 e. The van der Waals surface area contributed by atoms with Gasteiger partial charge < -0.3 is 9.30 Å². The molecule has 8 heteroatoms. The third-order valence-corrected chi connectivity index (χ3v) is 4.91. The van der Waals surface area contributed by atoms with Gasteiger partial charge in [0.15, 0.2) is 4.80 Å². The summed E-state index contributed by atoms with van der Waals surface area (Å²) in [7, 11) is 0. The van der Waals surface area contributed by atoms with Gasteiger partial charge in [0.2, 0.25) is 0 Å². The third-order valence-electron chi connectivity index (χ3n) is 3.87. The van der Waals surface area contributed by atoms with Crippen LogP contribution in [0.4, 0.5) is 5.69 Å². The van der Waals surface area contributed by atoms with Gasteiger partial charge in [-0.05, 0) is 24.6 Å². The van der Waals surface area contributed by atoms with E-state index in [2.05, 4.69) is 4.99 Å². The summed E-state index contributed by atoms with van der Waals surface area (Å²) in [6, 6.07) is 14.0. The predicted molar refractivity (Wildman–Crippen MR) is 104 cm³/mol. The normalized spacial score (nSPS) is 11.7. The number of fused-ring (bicyclic) bond motifs is 1. The maximum absolute atomic E-state index is 12.2. The summed E-state index contributed by atoms with van der Waals surface area (Å²) in [5.74, 6) is 0.428. The van der Waals surface area contributed by atoms with E-state index in [9.17, 15) is 14.9 Å². The molecule has 0 aliphatic heterocycles. The SMILES string of the molecule is CCCn1c(=NC(=O)CCOc2ccccc2)sc2cc([N+](=O)[O-])ccc21. The van der Waals surface area contributed by atoms with Crippen molar-refractivity contribution >= 4 is 33.1 Å². The summed E-state index contributed by atoms with van der Waals surface area (Å²) in [5, 5.41) is 11.0. The molecule has 3 rings (SSSR count). The number of non-ortho nitro benzene ring substituents is 1. The van der Waals surface area contributed by atoms with Crippen LogP contribution in [0.1, 0.15) is 19.8 Å². The fourth-order valence-corrected chi connectivity index (χ4v) is 3.74. The molecule has 3 aromatic rings. The van der Waals surface area contributed by atoms with Crippen molar-refractivity contribution in [3.05, 3.63) is 63.4 Å². The summed E-state index contributed by atoms with van der Waals surface area (Å²) in [4.78, 5) is 27.6. The van der Waals surface area contributed by atoms with Crippen LogP contribution in [-0.2, 0) is 11.3 Å². The highest BCUT2D eigenvalue weighted by Gasteiger charge is 2.12. The number of nitro groups is 1. The van der Waals surface area contributed by atoms with Gasteiger partial charge in [0.05, 0.1) is 28.2 Å². The first-order chi connectivity index (χ1) is 13.1. The van der Waals surface area contributed by atoms with Crippen molar-refractivity contribution in [3.63, 3.8) is 0 Å². The lowest BCUT2D eigenvalue weighted by Gasteiger charge is -2.04. The van der Waals surface area contributed by atoms with Crippen LogP contribution in [0.15, 0.2) is 53.5 Å². The minimum atomic E-state index is -0.424. The zero-order valence-corrected chi connectivity index (χ0v) is 15.6. The quantitative estimate of drug-likeness (QED) is 0.456. The average Bonchev–Trinajstić information content (AvgIpc) is 2.99. The lowest BCUT2D eigenvalue weighted by molar-refractivity contribution is -0.384. The van der Waals surface area contributed by atoms with E-state index < -0.39 is 4.92 Å². The van der Waals surface area contributed by atoms with E-state index in [-0.39, 0.29) is 24.6 Å². The molecule has 0 unspecified atom stereocenters. The number of nitro benzene ring substituents is 1. The maximum Gasteiger partial charge on any atom is 0.270 e. The van der Waals surface area contributed by atoms with Crippen molar-refractivity contribution in [2.75, 3.05) is 6.61 Å². The summed E-state index contributed by atoms with van der Waals surface area (Å²) in [5.41, 5.74) is 0.876. The van der Waals surface area contributed by atoms with Crippen LogP contribution in [0, 0.1) is 10.1 Å². The van der Waals surface area contributed by atoms with Gasteiger partial charge >= 0.3 is 0 Å². The van der Waals surface area contributed by atoms with E-state index >= 15 is 0 Å². The number of aryl methyl sites for hydroxylation is 1. The number of para-hydroxylation sites is 1. The summed E-state index contributed by atoms with van der Waals surface area (Å²) >= 11 is 1.28. The number of hydrogen-bond donors (Lipinski definition) is 0. The fraction of sp³-hybridized carbons (Fsp3) is 0.263. The number of thiazole rings is 1. The molecule has 1 amide bonds. The molecule has 27 heavy (non-hydrogen) atoms. The van der Waals surface area contributed by atoms with Gasteiger partial charge in [-0.15, -0.1) is 0 Å². The van der Waals surface area contributed by atoms with Gasteiger partial charge in [0.25, 0.3) is 11.6 Å². The Labute approximate surface area is 159 Å². The Hall–Kier alpha value is -3.00. The molecule has 0 saturated heterocycles. The Kier molecular flexibility index (Phi) is 5.97. The van der Waals surface area contributed by atoms with Crippen LogP contribution in [0.5, 0.6) is 5.75 Å². The Morgan fingerprint density at radius 2 is 2.04 bits per heavy atom. The molecule has 1 aromatic heterocycles. The molecule has 0 atom stereocenters. The number of carbonyl (C=O) groups excluding carboxylic acids is 1. The second kappa shape index (κ2) is 8.59. The molecule has 140 valence electrons. The standard InChI is InChI=1S/C19H19N3O4S/c1-2-11-21-16-9-8-14(22(24)25)13-17(16)27-19(21)20-18(23)10-12-26-15-6-4-3-5-7-15/h3-9,13H,2,10-12H2,1H3. The molecule has 0 aliphatic rings.